The summed E-state index contributed by atoms with van der Waals surface area (Å²) >= 11 is 0. The molecule has 8 heteroatoms. The predicted octanol–water partition coefficient (Wildman–Crippen LogP) is 2.80. The van der Waals surface area contributed by atoms with E-state index in [1.165, 1.54) is 0 Å². The van der Waals surface area contributed by atoms with Crippen LogP contribution in [0.25, 0.3) is 0 Å². The van der Waals surface area contributed by atoms with Gasteiger partial charge in [0.05, 0.1) is 17.8 Å². The molecule has 0 unspecified atom stereocenters. The highest BCUT2D eigenvalue weighted by atomic mass is 127. The van der Waals surface area contributed by atoms with Gasteiger partial charge in [-0.1, -0.05) is 30.3 Å². The van der Waals surface area contributed by atoms with E-state index in [1.807, 2.05) is 19.1 Å². The normalized spacial score (nSPS) is 11.5. The van der Waals surface area contributed by atoms with Crippen LogP contribution < -0.4 is 15.4 Å². The number of benzene rings is 2. The number of ether oxygens (including phenoxy) is 1. The van der Waals surface area contributed by atoms with Gasteiger partial charge in [0.15, 0.2) is 15.8 Å². The lowest BCUT2D eigenvalue weighted by Crippen LogP contribution is -2.40. The summed E-state index contributed by atoms with van der Waals surface area (Å²) in [5, 5.41) is 6.25. The van der Waals surface area contributed by atoms with Gasteiger partial charge in [-0.3, -0.25) is 4.99 Å². The van der Waals surface area contributed by atoms with Crippen LogP contribution in [-0.4, -0.2) is 47.4 Å². The maximum absolute atomic E-state index is 12.3. The van der Waals surface area contributed by atoms with E-state index in [2.05, 4.69) is 21.7 Å². The van der Waals surface area contributed by atoms with E-state index in [4.69, 9.17) is 4.74 Å². The number of guanidine groups is 1. The SMILES string of the molecule is CN=C(NCCc1ccc(C)c(OC)c1)NCCS(=O)(=O)c1ccccc1.I. The summed E-state index contributed by atoms with van der Waals surface area (Å²) in [7, 11) is 0.0303. The van der Waals surface area contributed by atoms with Gasteiger partial charge in [-0.25, -0.2) is 8.42 Å². The molecule has 0 heterocycles. The minimum atomic E-state index is -3.30. The topological polar surface area (TPSA) is 79.8 Å². The second-order valence-electron chi connectivity index (χ2n) is 6.11. The number of aliphatic imine (C=N–C) groups is 1. The first-order valence-electron chi connectivity index (χ1n) is 8.82. The summed E-state index contributed by atoms with van der Waals surface area (Å²) in [5.74, 6) is 1.46. The molecule has 154 valence electrons. The third-order valence-corrected chi connectivity index (χ3v) is 5.90. The van der Waals surface area contributed by atoms with Crippen molar-refractivity contribution in [2.75, 3.05) is 33.0 Å². The van der Waals surface area contributed by atoms with E-state index in [1.54, 1.807) is 44.5 Å². The third kappa shape index (κ3) is 7.31. The van der Waals surface area contributed by atoms with Crippen LogP contribution in [0.15, 0.2) is 58.4 Å². The quantitative estimate of drug-likeness (QED) is 0.320. The summed E-state index contributed by atoms with van der Waals surface area (Å²) in [4.78, 5) is 4.47. The molecule has 0 saturated heterocycles. The van der Waals surface area contributed by atoms with Crippen molar-refractivity contribution in [1.82, 2.24) is 10.6 Å². The second-order valence-corrected chi connectivity index (χ2v) is 8.22. The van der Waals surface area contributed by atoms with Crippen LogP contribution in [0.3, 0.4) is 0 Å². The lowest BCUT2D eigenvalue weighted by Gasteiger charge is -2.13. The molecule has 0 aromatic heterocycles. The molecule has 2 aromatic rings. The van der Waals surface area contributed by atoms with Gasteiger partial charge < -0.3 is 15.4 Å². The fraction of sp³-hybridized carbons (Fsp3) is 0.350. The summed E-state index contributed by atoms with van der Waals surface area (Å²) < 4.78 is 29.9. The molecule has 0 radical (unpaired) electrons. The first kappa shape index (κ1) is 24.2. The Balaban J connectivity index is 0.00000392. The molecule has 6 nitrogen and oxygen atoms in total. The van der Waals surface area contributed by atoms with Gasteiger partial charge in [0.25, 0.3) is 0 Å². The lowest BCUT2D eigenvalue weighted by molar-refractivity contribution is 0.411. The Morgan fingerprint density at radius 3 is 2.39 bits per heavy atom. The van der Waals surface area contributed by atoms with Gasteiger partial charge >= 0.3 is 0 Å². The number of hydrogen-bond donors (Lipinski definition) is 2. The predicted molar refractivity (Wildman–Crippen MR) is 125 cm³/mol. The van der Waals surface area contributed by atoms with Gasteiger partial charge in [0.1, 0.15) is 5.75 Å². The van der Waals surface area contributed by atoms with Gasteiger partial charge in [-0.15, -0.1) is 24.0 Å². The molecule has 0 atom stereocenters. The van der Waals surface area contributed by atoms with E-state index in [0.717, 1.165) is 23.3 Å². The average Bonchev–Trinajstić information content (AvgIpc) is 2.68. The van der Waals surface area contributed by atoms with Crippen molar-refractivity contribution in [3.05, 3.63) is 59.7 Å². The summed E-state index contributed by atoms with van der Waals surface area (Å²) in [5.41, 5.74) is 2.26. The lowest BCUT2D eigenvalue weighted by atomic mass is 10.1. The monoisotopic (exact) mass is 517 g/mol. The maximum Gasteiger partial charge on any atom is 0.191 e. The maximum atomic E-state index is 12.3. The summed E-state index contributed by atoms with van der Waals surface area (Å²) in [6, 6.07) is 14.6. The molecule has 0 spiro atoms. The van der Waals surface area contributed by atoms with Crippen molar-refractivity contribution in [2.45, 2.75) is 18.2 Å². The second kappa shape index (κ2) is 11.9. The molecule has 0 aliphatic heterocycles. The molecular formula is C20H28IN3O3S. The molecule has 2 N–H and O–H groups in total. The number of halogens is 1. The van der Waals surface area contributed by atoms with E-state index in [9.17, 15) is 8.42 Å². The zero-order valence-corrected chi connectivity index (χ0v) is 19.6. The van der Waals surface area contributed by atoms with Crippen LogP contribution in [0.4, 0.5) is 0 Å². The Kier molecular flexibility index (Phi) is 10.3. The Hall–Kier alpha value is -1.81. The van der Waals surface area contributed by atoms with Crippen molar-refractivity contribution in [3.63, 3.8) is 0 Å². The Bertz CT molecular complexity index is 872. The molecule has 0 fully saturated rings. The highest BCUT2D eigenvalue weighted by Gasteiger charge is 2.13. The van der Waals surface area contributed by atoms with Gasteiger partial charge in [0, 0.05) is 20.1 Å². The fourth-order valence-corrected chi connectivity index (χ4v) is 3.79. The van der Waals surface area contributed by atoms with Crippen LogP contribution in [-0.2, 0) is 16.3 Å². The highest BCUT2D eigenvalue weighted by molar-refractivity contribution is 14.0. The Morgan fingerprint density at radius 2 is 1.75 bits per heavy atom. The van der Waals surface area contributed by atoms with Crippen LogP contribution in [0, 0.1) is 6.92 Å². The smallest absolute Gasteiger partial charge is 0.191 e. The molecule has 0 bridgehead atoms. The third-order valence-electron chi connectivity index (χ3n) is 4.17. The highest BCUT2D eigenvalue weighted by Crippen LogP contribution is 2.19. The van der Waals surface area contributed by atoms with Crippen LogP contribution in [0.5, 0.6) is 5.75 Å². The number of nitrogens with zero attached hydrogens (tertiary/aromatic N) is 1. The Morgan fingerprint density at radius 1 is 1.07 bits per heavy atom. The molecule has 0 aliphatic rings. The summed E-state index contributed by atoms with van der Waals surface area (Å²) in [6.45, 7) is 2.97. The number of nitrogens with one attached hydrogen (secondary N) is 2. The van der Waals surface area contributed by atoms with Crippen molar-refractivity contribution in [3.8, 4) is 5.75 Å². The van der Waals surface area contributed by atoms with Gasteiger partial charge in [0.2, 0.25) is 0 Å². The molecule has 0 saturated carbocycles. The first-order valence-corrected chi connectivity index (χ1v) is 10.5. The van der Waals surface area contributed by atoms with E-state index in [0.29, 0.717) is 17.4 Å². The van der Waals surface area contributed by atoms with Crippen molar-refractivity contribution < 1.29 is 13.2 Å². The van der Waals surface area contributed by atoms with E-state index >= 15 is 0 Å². The van der Waals surface area contributed by atoms with Crippen molar-refractivity contribution in [1.29, 1.82) is 0 Å². The fourth-order valence-electron chi connectivity index (χ4n) is 2.62. The van der Waals surface area contributed by atoms with Crippen molar-refractivity contribution in [2.24, 2.45) is 4.99 Å². The average molecular weight is 517 g/mol. The molecule has 0 aliphatic carbocycles. The Labute approximate surface area is 184 Å². The number of rotatable bonds is 8. The van der Waals surface area contributed by atoms with Crippen LogP contribution >= 0.6 is 24.0 Å². The minimum absolute atomic E-state index is 0. The van der Waals surface area contributed by atoms with Crippen molar-refractivity contribution >= 4 is 39.8 Å². The zero-order valence-electron chi connectivity index (χ0n) is 16.4. The molecule has 2 rings (SSSR count). The van der Waals surface area contributed by atoms with Crippen LogP contribution in [0.2, 0.25) is 0 Å². The van der Waals surface area contributed by atoms with Crippen LogP contribution in [0.1, 0.15) is 11.1 Å². The van der Waals surface area contributed by atoms with E-state index < -0.39 is 9.84 Å². The molecule has 0 amide bonds. The van der Waals surface area contributed by atoms with Gasteiger partial charge in [-0.05, 0) is 42.7 Å². The summed E-state index contributed by atoms with van der Waals surface area (Å²) in [6.07, 6.45) is 0.805. The number of methoxy groups -OCH3 is 1. The minimum Gasteiger partial charge on any atom is -0.496 e. The largest absolute Gasteiger partial charge is 0.496 e. The zero-order chi connectivity index (χ0) is 19.7. The standard InChI is InChI=1S/C20H27N3O3S.HI/c1-16-9-10-17(15-19(16)26-3)11-12-22-20(21-2)23-13-14-27(24,25)18-7-5-4-6-8-18;/h4-10,15H,11-14H2,1-3H3,(H2,21,22,23);1H. The molecule has 2 aromatic carbocycles. The van der Waals surface area contributed by atoms with E-state index in [-0.39, 0.29) is 36.3 Å². The molecular weight excluding hydrogens is 489 g/mol. The number of aryl methyl sites for hydroxylation is 1. The molecule has 28 heavy (non-hydrogen) atoms. The van der Waals surface area contributed by atoms with Gasteiger partial charge in [-0.2, -0.15) is 0 Å². The number of hydrogen-bond acceptors (Lipinski definition) is 4. The first-order chi connectivity index (χ1) is 13.0. The number of sulfone groups is 1.